The minimum Gasteiger partial charge on any atom is -0.481 e. The summed E-state index contributed by atoms with van der Waals surface area (Å²) in [5.74, 6) is -0.709. The lowest BCUT2D eigenvalue weighted by Gasteiger charge is -2.46. The Balaban J connectivity index is 2.57. The minimum absolute atomic E-state index is 0.0349. The second kappa shape index (κ2) is 4.07. The Bertz CT molecular complexity index is 184. The van der Waals surface area contributed by atoms with E-state index in [9.17, 15) is 4.79 Å². The minimum atomic E-state index is -0.768. The average molecular weight is 187 g/mol. The number of ether oxygens (including phenoxy) is 1. The van der Waals surface area contributed by atoms with Gasteiger partial charge in [-0.05, 0) is 18.9 Å². The summed E-state index contributed by atoms with van der Waals surface area (Å²) in [6, 6.07) is 0. The molecule has 1 aliphatic rings. The van der Waals surface area contributed by atoms with Gasteiger partial charge in [-0.1, -0.05) is 6.92 Å². The van der Waals surface area contributed by atoms with Crippen molar-refractivity contribution >= 4 is 5.97 Å². The standard InChI is InChI=1S/C9H17NO3/c1-2-9(5-13-6-9)7(4-10)3-8(11)12/h7H,2-6,10H2,1H3,(H,11,12). The molecule has 1 rings (SSSR count). The van der Waals surface area contributed by atoms with Gasteiger partial charge in [-0.3, -0.25) is 4.79 Å². The van der Waals surface area contributed by atoms with Crippen LogP contribution in [-0.2, 0) is 9.53 Å². The van der Waals surface area contributed by atoms with E-state index in [1.54, 1.807) is 0 Å². The van der Waals surface area contributed by atoms with E-state index in [0.717, 1.165) is 6.42 Å². The molecule has 0 spiro atoms. The molecule has 0 aromatic carbocycles. The summed E-state index contributed by atoms with van der Waals surface area (Å²) < 4.78 is 5.15. The molecule has 4 nitrogen and oxygen atoms in total. The maximum Gasteiger partial charge on any atom is 0.303 e. The van der Waals surface area contributed by atoms with Gasteiger partial charge in [0.25, 0.3) is 0 Å². The normalized spacial score (nSPS) is 22.0. The first-order chi connectivity index (χ1) is 6.14. The van der Waals surface area contributed by atoms with E-state index in [2.05, 4.69) is 6.92 Å². The summed E-state index contributed by atoms with van der Waals surface area (Å²) in [7, 11) is 0. The summed E-state index contributed by atoms with van der Waals surface area (Å²) >= 11 is 0. The molecule has 0 radical (unpaired) electrons. The molecule has 0 aliphatic carbocycles. The molecule has 0 aromatic heterocycles. The third-order valence-corrected chi connectivity index (χ3v) is 3.05. The number of carbonyl (C=O) groups is 1. The van der Waals surface area contributed by atoms with E-state index in [1.807, 2.05) is 0 Å². The van der Waals surface area contributed by atoms with Gasteiger partial charge in [0, 0.05) is 5.41 Å². The van der Waals surface area contributed by atoms with Crippen LogP contribution in [0, 0.1) is 11.3 Å². The first kappa shape index (κ1) is 10.5. The molecule has 0 bridgehead atoms. The molecule has 1 aliphatic heterocycles. The van der Waals surface area contributed by atoms with Crippen LogP contribution in [0.5, 0.6) is 0 Å². The zero-order chi connectivity index (χ0) is 9.90. The Kier molecular flexibility index (Phi) is 3.27. The van der Waals surface area contributed by atoms with Crippen molar-refractivity contribution in [3.05, 3.63) is 0 Å². The van der Waals surface area contributed by atoms with Gasteiger partial charge < -0.3 is 15.6 Å². The van der Waals surface area contributed by atoms with Gasteiger partial charge in [0.2, 0.25) is 0 Å². The van der Waals surface area contributed by atoms with Crippen molar-refractivity contribution in [3.8, 4) is 0 Å². The fourth-order valence-corrected chi connectivity index (χ4v) is 1.85. The molecule has 3 N–H and O–H groups in total. The third-order valence-electron chi connectivity index (χ3n) is 3.05. The molecule has 13 heavy (non-hydrogen) atoms. The molecular formula is C9H17NO3. The molecule has 76 valence electrons. The van der Waals surface area contributed by atoms with Crippen LogP contribution in [0.15, 0.2) is 0 Å². The number of aliphatic carboxylic acids is 1. The zero-order valence-electron chi connectivity index (χ0n) is 7.95. The van der Waals surface area contributed by atoms with Crippen LogP contribution in [0.2, 0.25) is 0 Å². The molecule has 1 atom stereocenters. The summed E-state index contributed by atoms with van der Waals surface area (Å²) in [4.78, 5) is 10.6. The Hall–Kier alpha value is -0.610. The fourth-order valence-electron chi connectivity index (χ4n) is 1.85. The summed E-state index contributed by atoms with van der Waals surface area (Å²) in [5, 5.41) is 8.70. The number of carboxylic acid groups (broad SMARTS) is 1. The lowest BCUT2D eigenvalue weighted by molar-refractivity contribution is -0.159. The van der Waals surface area contributed by atoms with Crippen LogP contribution in [0.3, 0.4) is 0 Å². The van der Waals surface area contributed by atoms with Crippen LogP contribution in [0.25, 0.3) is 0 Å². The third kappa shape index (κ3) is 2.00. The van der Waals surface area contributed by atoms with E-state index < -0.39 is 5.97 Å². The predicted octanol–water partition coefficient (Wildman–Crippen LogP) is 0.463. The van der Waals surface area contributed by atoms with Crippen molar-refractivity contribution in [2.45, 2.75) is 19.8 Å². The first-order valence-electron chi connectivity index (χ1n) is 4.64. The topological polar surface area (TPSA) is 72.6 Å². The second-order valence-corrected chi connectivity index (χ2v) is 3.74. The maximum absolute atomic E-state index is 10.6. The van der Waals surface area contributed by atoms with Crippen LogP contribution >= 0.6 is 0 Å². The molecule has 0 saturated carbocycles. The largest absolute Gasteiger partial charge is 0.481 e. The monoisotopic (exact) mass is 187 g/mol. The van der Waals surface area contributed by atoms with Crippen molar-refractivity contribution in [3.63, 3.8) is 0 Å². The Morgan fingerprint density at radius 3 is 2.54 bits per heavy atom. The number of rotatable bonds is 5. The molecule has 0 aromatic rings. The second-order valence-electron chi connectivity index (χ2n) is 3.74. The van der Waals surface area contributed by atoms with E-state index in [-0.39, 0.29) is 17.8 Å². The number of nitrogens with two attached hydrogens (primary N) is 1. The fraction of sp³-hybridized carbons (Fsp3) is 0.889. The summed E-state index contributed by atoms with van der Waals surface area (Å²) in [6.45, 7) is 3.83. The SMILES string of the molecule is CCC1(C(CN)CC(=O)O)COC1. The van der Waals surface area contributed by atoms with Gasteiger partial charge >= 0.3 is 5.97 Å². The van der Waals surface area contributed by atoms with Crippen LogP contribution in [0.1, 0.15) is 19.8 Å². The Labute approximate surface area is 78.1 Å². The van der Waals surface area contributed by atoms with Gasteiger partial charge in [-0.15, -0.1) is 0 Å². The molecular weight excluding hydrogens is 170 g/mol. The van der Waals surface area contributed by atoms with Gasteiger partial charge in [0.05, 0.1) is 19.6 Å². The van der Waals surface area contributed by atoms with Crippen molar-refractivity contribution < 1.29 is 14.6 Å². The molecule has 1 saturated heterocycles. The molecule has 0 amide bonds. The summed E-state index contributed by atoms with van der Waals surface area (Å²) in [6.07, 6.45) is 1.11. The van der Waals surface area contributed by atoms with Crippen LogP contribution in [0.4, 0.5) is 0 Å². The molecule has 4 heteroatoms. The van der Waals surface area contributed by atoms with Gasteiger partial charge in [-0.2, -0.15) is 0 Å². The van der Waals surface area contributed by atoms with E-state index in [1.165, 1.54) is 0 Å². The van der Waals surface area contributed by atoms with Crippen molar-refractivity contribution in [2.24, 2.45) is 17.1 Å². The highest BCUT2D eigenvalue weighted by Gasteiger charge is 2.43. The molecule has 1 fully saturated rings. The lowest BCUT2D eigenvalue weighted by atomic mass is 9.70. The highest BCUT2D eigenvalue weighted by molar-refractivity contribution is 5.67. The number of carboxylic acids is 1. The molecule has 1 unspecified atom stereocenters. The Morgan fingerprint density at radius 1 is 1.69 bits per heavy atom. The van der Waals surface area contributed by atoms with Gasteiger partial charge in [0.15, 0.2) is 0 Å². The van der Waals surface area contributed by atoms with Crippen molar-refractivity contribution in [1.82, 2.24) is 0 Å². The number of hydrogen-bond donors (Lipinski definition) is 2. The smallest absolute Gasteiger partial charge is 0.303 e. The molecule has 1 heterocycles. The van der Waals surface area contributed by atoms with Crippen LogP contribution < -0.4 is 5.73 Å². The van der Waals surface area contributed by atoms with Gasteiger partial charge in [-0.25, -0.2) is 0 Å². The lowest BCUT2D eigenvalue weighted by Crippen LogP contribution is -2.50. The predicted molar refractivity (Wildman–Crippen MR) is 48.3 cm³/mol. The van der Waals surface area contributed by atoms with Crippen molar-refractivity contribution in [2.75, 3.05) is 19.8 Å². The van der Waals surface area contributed by atoms with E-state index >= 15 is 0 Å². The van der Waals surface area contributed by atoms with Crippen molar-refractivity contribution in [1.29, 1.82) is 0 Å². The van der Waals surface area contributed by atoms with Gasteiger partial charge in [0.1, 0.15) is 0 Å². The quantitative estimate of drug-likeness (QED) is 0.656. The first-order valence-corrected chi connectivity index (χ1v) is 4.64. The Morgan fingerprint density at radius 2 is 2.31 bits per heavy atom. The average Bonchev–Trinajstić information content (AvgIpc) is 2.01. The van der Waals surface area contributed by atoms with E-state index in [0.29, 0.717) is 19.8 Å². The highest BCUT2D eigenvalue weighted by atomic mass is 16.5. The maximum atomic E-state index is 10.6. The zero-order valence-corrected chi connectivity index (χ0v) is 7.95. The number of hydrogen-bond acceptors (Lipinski definition) is 3. The van der Waals surface area contributed by atoms with E-state index in [4.69, 9.17) is 15.6 Å². The van der Waals surface area contributed by atoms with Crippen LogP contribution in [-0.4, -0.2) is 30.8 Å². The summed E-state index contributed by atoms with van der Waals surface area (Å²) in [5.41, 5.74) is 5.61. The highest BCUT2D eigenvalue weighted by Crippen LogP contribution is 2.40.